The van der Waals surface area contributed by atoms with E-state index in [2.05, 4.69) is 5.32 Å². The molecule has 0 saturated carbocycles. The summed E-state index contributed by atoms with van der Waals surface area (Å²) in [6.07, 6.45) is -0.470. The lowest BCUT2D eigenvalue weighted by molar-refractivity contribution is -0.140. The summed E-state index contributed by atoms with van der Waals surface area (Å²) in [4.78, 5) is 104. The molecule has 5 aliphatic rings. The molecule has 10 N–H and O–H groups in total. The fourth-order valence-electron chi connectivity index (χ4n) is 11.8. The lowest BCUT2D eigenvalue weighted by Gasteiger charge is -2.48. The minimum atomic E-state index is -1.52. The van der Waals surface area contributed by atoms with Gasteiger partial charge in [0.05, 0.1) is 18.0 Å². The number of rotatable bonds is 18. The molecule has 9 atom stereocenters. The quantitative estimate of drug-likeness (QED) is 0.0925. The Balaban J connectivity index is 2.03. The first-order valence-electron chi connectivity index (χ1n) is 21.4. The van der Waals surface area contributed by atoms with Crippen molar-refractivity contribution in [2.45, 2.75) is 138 Å². The molecule has 18 heteroatoms. The van der Waals surface area contributed by atoms with Gasteiger partial charge < -0.3 is 42.3 Å². The van der Waals surface area contributed by atoms with E-state index >= 15 is 0 Å². The molecule has 2 amide bonds. The van der Waals surface area contributed by atoms with Crippen LogP contribution < -0.4 is 16.8 Å². The first-order chi connectivity index (χ1) is 29.0. The third-order valence-corrected chi connectivity index (χ3v) is 15.3. The summed E-state index contributed by atoms with van der Waals surface area (Å²) in [5, 5.41) is 54.2. The predicted molar refractivity (Wildman–Crippen MR) is 231 cm³/mol. The maximum atomic E-state index is 13.3. The van der Waals surface area contributed by atoms with Crippen LogP contribution in [0.15, 0.2) is 49.3 Å². The van der Waals surface area contributed by atoms with E-state index in [1.165, 1.54) is 0 Å². The minimum absolute atomic E-state index is 0.0433. The molecule has 0 aliphatic carbocycles. The van der Waals surface area contributed by atoms with Crippen molar-refractivity contribution in [3.8, 4) is 0 Å². The first-order valence-corrected chi connectivity index (χ1v) is 21.4. The maximum Gasteiger partial charge on any atom is 0.303 e. The lowest BCUT2D eigenvalue weighted by atomic mass is 9.55. The number of carbonyl (C=O) groups is 7. The molecule has 344 valence electrons. The van der Waals surface area contributed by atoms with Crippen molar-refractivity contribution in [2.24, 2.45) is 71.8 Å². The molecule has 63 heavy (non-hydrogen) atoms. The highest BCUT2D eigenvalue weighted by Crippen LogP contribution is 2.62. The van der Waals surface area contributed by atoms with Crippen LogP contribution in [-0.4, -0.2) is 95.9 Å². The largest absolute Gasteiger partial charge is 0.481 e. The van der Waals surface area contributed by atoms with Gasteiger partial charge in [0, 0.05) is 118 Å². The third kappa shape index (κ3) is 8.56. The molecule has 8 bridgehead atoms. The number of aliphatic carboxylic acids is 5. The zero-order chi connectivity index (χ0) is 47.4. The van der Waals surface area contributed by atoms with E-state index in [0.717, 1.165) is 0 Å². The number of carbonyl (C=O) groups excluding carboxylic acids is 2. The number of hydrogen-bond acceptors (Lipinski definition) is 11. The number of hydrogen-bond donors (Lipinski definition) is 8. The second kappa shape index (κ2) is 17.1. The Morgan fingerprint density at radius 3 is 1.71 bits per heavy atom. The van der Waals surface area contributed by atoms with Gasteiger partial charge in [-0.3, -0.25) is 48.5 Å². The Hall–Kier alpha value is -5.68. The summed E-state index contributed by atoms with van der Waals surface area (Å²) in [6, 6.07) is -1.07. The van der Waals surface area contributed by atoms with Crippen molar-refractivity contribution in [3.05, 3.63) is 34.3 Å². The van der Waals surface area contributed by atoms with E-state index in [9.17, 15) is 59.1 Å². The standard InChI is InChI=1S/C45H62N6O12/c1-21-36-24(10-13-32(56)57)41(3,4)28(49-36)18-27-23(9-12-31(54)55)43(6,19-29(46)52)39(48-27)22(2)37-25(11-14-33(58)59)44(7,20-30(47)53)45(8,51-37)40-26(17-35(62)63)42(5,38(21)50-40)16-15-34(60)61/h18,23-26,40,48H,9-17,19-20H2,1-8H3,(H2,46,52)(H2,47,53)(H,54,55)(H,56,57)(H,58,59)(H,60,61)(H,62,63)/b27-18-,36-21-,39-22-. The highest BCUT2D eigenvalue weighted by atomic mass is 16.4. The smallest absolute Gasteiger partial charge is 0.303 e. The van der Waals surface area contributed by atoms with E-state index in [4.69, 9.17) is 26.4 Å². The molecule has 5 rings (SSSR count). The number of primary amides is 2. The number of carboxylic acids is 5. The van der Waals surface area contributed by atoms with E-state index in [1.54, 1.807) is 47.6 Å². The van der Waals surface area contributed by atoms with Crippen molar-refractivity contribution in [1.29, 1.82) is 0 Å². The molecule has 0 aromatic heterocycles. The average Bonchev–Trinajstić information content (AvgIpc) is 3.75. The van der Waals surface area contributed by atoms with Crippen LogP contribution in [0, 0.1) is 45.3 Å². The van der Waals surface area contributed by atoms with Gasteiger partial charge in [0.2, 0.25) is 11.8 Å². The number of nitrogens with two attached hydrogens (primary N) is 2. The Kier molecular flexibility index (Phi) is 13.1. The second-order valence-corrected chi connectivity index (χ2v) is 19.6. The van der Waals surface area contributed by atoms with Gasteiger partial charge in [-0.2, -0.15) is 0 Å². The molecular formula is C45H62N6O12. The van der Waals surface area contributed by atoms with Gasteiger partial charge in [0.25, 0.3) is 0 Å². The van der Waals surface area contributed by atoms with Crippen LogP contribution in [0.1, 0.15) is 126 Å². The van der Waals surface area contributed by atoms with Gasteiger partial charge in [-0.05, 0) is 63.7 Å². The van der Waals surface area contributed by atoms with Crippen molar-refractivity contribution in [2.75, 3.05) is 0 Å². The Morgan fingerprint density at radius 2 is 1.21 bits per heavy atom. The highest BCUT2D eigenvalue weighted by Gasteiger charge is 2.66. The second-order valence-electron chi connectivity index (χ2n) is 19.6. The van der Waals surface area contributed by atoms with Gasteiger partial charge in [0.1, 0.15) is 0 Å². The van der Waals surface area contributed by atoms with Crippen LogP contribution in [-0.2, 0) is 33.6 Å². The zero-order valence-electron chi connectivity index (χ0n) is 37.3. The average molecular weight is 879 g/mol. The summed E-state index contributed by atoms with van der Waals surface area (Å²) >= 11 is 0. The van der Waals surface area contributed by atoms with Crippen LogP contribution in [0.3, 0.4) is 0 Å². The number of allylic oxidation sites excluding steroid dienone is 6. The molecular weight excluding hydrogens is 817 g/mol. The highest BCUT2D eigenvalue weighted by molar-refractivity contribution is 6.10. The summed E-state index contributed by atoms with van der Waals surface area (Å²) in [5.74, 6) is -10.0. The van der Waals surface area contributed by atoms with Gasteiger partial charge >= 0.3 is 29.8 Å². The van der Waals surface area contributed by atoms with Crippen LogP contribution in [0.4, 0.5) is 0 Å². The SMILES string of the molecule is C/C1=C2N=C(/C=C3\N/C(=C(/C)C4=NC(C)(C5N=C1C(C)(CCC(=O)O)C5CC(=O)O)C(C)(CC(N)=O)C4CCC(=O)O)C(C)(CC(N)=O)C3CCC(=O)O)C(C)(C)C/2CCC(=O)O. The van der Waals surface area contributed by atoms with Crippen molar-refractivity contribution >= 4 is 58.8 Å². The predicted octanol–water partition coefficient (Wildman–Crippen LogP) is 4.72. The van der Waals surface area contributed by atoms with Gasteiger partial charge in [-0.25, -0.2) is 0 Å². The summed E-state index contributed by atoms with van der Waals surface area (Å²) in [6.45, 7) is 14.4. The monoisotopic (exact) mass is 878 g/mol. The van der Waals surface area contributed by atoms with E-state index in [-0.39, 0.29) is 64.2 Å². The zero-order valence-corrected chi connectivity index (χ0v) is 37.3. The van der Waals surface area contributed by atoms with Crippen LogP contribution in [0.25, 0.3) is 0 Å². The number of aliphatic imine (C=N–C) groups is 3. The fraction of sp³-hybridized carbons (Fsp3) is 0.644. The van der Waals surface area contributed by atoms with E-state index in [1.807, 2.05) is 13.8 Å². The van der Waals surface area contributed by atoms with Crippen LogP contribution in [0.2, 0.25) is 0 Å². The summed E-state index contributed by atoms with van der Waals surface area (Å²) in [7, 11) is 0. The third-order valence-electron chi connectivity index (χ3n) is 15.3. The van der Waals surface area contributed by atoms with E-state index in [0.29, 0.717) is 45.4 Å². The van der Waals surface area contributed by atoms with E-state index < -0.39 is 105 Å². The Labute approximate surface area is 366 Å². The molecule has 0 radical (unpaired) electrons. The van der Waals surface area contributed by atoms with Crippen LogP contribution >= 0.6 is 0 Å². The summed E-state index contributed by atoms with van der Waals surface area (Å²) < 4.78 is 0. The molecule has 5 aliphatic heterocycles. The molecule has 18 nitrogen and oxygen atoms in total. The molecule has 0 spiro atoms. The molecule has 5 heterocycles. The van der Waals surface area contributed by atoms with Crippen molar-refractivity contribution < 1.29 is 59.1 Å². The van der Waals surface area contributed by atoms with Crippen molar-refractivity contribution in [3.63, 3.8) is 0 Å². The normalized spacial score (nSPS) is 36.2. The first kappa shape index (κ1) is 48.4. The molecule has 1 saturated heterocycles. The fourth-order valence-corrected chi connectivity index (χ4v) is 11.8. The molecule has 0 aromatic carbocycles. The number of carboxylic acid groups (broad SMARTS) is 5. The molecule has 1 fully saturated rings. The number of amides is 2. The number of nitrogens with zero attached hydrogens (tertiary/aromatic N) is 3. The molecule has 9 unspecified atom stereocenters. The maximum absolute atomic E-state index is 13.3. The van der Waals surface area contributed by atoms with Crippen molar-refractivity contribution in [1.82, 2.24) is 5.32 Å². The number of nitrogens with one attached hydrogen (secondary N) is 1. The summed E-state index contributed by atoms with van der Waals surface area (Å²) in [5.41, 5.74) is 9.44. The Bertz CT molecular complexity index is 2220. The minimum Gasteiger partial charge on any atom is -0.481 e. The number of fused-ring (bicyclic) bond motifs is 6. The topological polar surface area (TPSA) is 322 Å². The van der Waals surface area contributed by atoms with Crippen LogP contribution in [0.5, 0.6) is 0 Å². The molecule has 0 aromatic rings. The van der Waals surface area contributed by atoms with Gasteiger partial charge in [0.15, 0.2) is 0 Å². The van der Waals surface area contributed by atoms with Gasteiger partial charge in [-0.1, -0.05) is 34.6 Å². The van der Waals surface area contributed by atoms with Gasteiger partial charge in [-0.15, -0.1) is 0 Å². The lowest BCUT2D eigenvalue weighted by Crippen LogP contribution is -2.55. The Morgan fingerprint density at radius 1 is 0.683 bits per heavy atom.